The lowest BCUT2D eigenvalue weighted by atomic mass is 9.81. The molecule has 1 aliphatic rings. The predicted molar refractivity (Wildman–Crippen MR) is 96.4 cm³/mol. The Morgan fingerprint density at radius 1 is 1.24 bits per heavy atom. The van der Waals surface area contributed by atoms with E-state index in [1.54, 1.807) is 6.92 Å². The van der Waals surface area contributed by atoms with Gasteiger partial charge in [-0.1, -0.05) is 33.9 Å². The molecule has 1 fully saturated rings. The van der Waals surface area contributed by atoms with Crippen LogP contribution in [-0.2, 0) is 23.8 Å². The van der Waals surface area contributed by atoms with Crippen LogP contribution in [0.1, 0.15) is 34.1 Å². The molecule has 7 nitrogen and oxygen atoms in total. The molecule has 0 aliphatic carbocycles. The number of carbonyl (C=O) groups excluding carboxylic acids is 2. The van der Waals surface area contributed by atoms with E-state index in [1.807, 2.05) is 4.57 Å². The van der Waals surface area contributed by atoms with E-state index < -0.39 is 32.0 Å². The summed E-state index contributed by atoms with van der Waals surface area (Å²) in [6.07, 6.45) is -0.705. The molecule has 1 aliphatic heterocycles. The van der Waals surface area contributed by atoms with Gasteiger partial charge in [0.15, 0.2) is 8.24 Å². The normalized spacial score (nSPS) is 23.3. The Bertz CT molecular complexity index is 510. The quantitative estimate of drug-likeness (QED) is 0.316. The van der Waals surface area contributed by atoms with Crippen molar-refractivity contribution in [1.29, 1.82) is 0 Å². The summed E-state index contributed by atoms with van der Waals surface area (Å²) in [5, 5.41) is 10.0. The second kappa shape index (κ2) is 7.34. The van der Waals surface area contributed by atoms with E-state index in [1.165, 1.54) is 21.3 Å². The molecule has 1 saturated heterocycles. The molecule has 0 aromatic carbocycles. The zero-order chi connectivity index (χ0) is 19.8. The smallest absolute Gasteiger partial charge is 0.366 e. The lowest BCUT2D eigenvalue weighted by Crippen LogP contribution is -2.75. The van der Waals surface area contributed by atoms with Crippen LogP contribution >= 0.6 is 0 Å². The van der Waals surface area contributed by atoms with Crippen LogP contribution in [-0.4, -0.2) is 69.0 Å². The van der Waals surface area contributed by atoms with Crippen molar-refractivity contribution in [3.8, 4) is 0 Å². The highest BCUT2D eigenvalue weighted by molar-refractivity contribution is 6.80. The van der Waals surface area contributed by atoms with Crippen LogP contribution in [0.25, 0.3) is 0 Å². The van der Waals surface area contributed by atoms with Gasteiger partial charge in [-0.3, -0.25) is 4.79 Å². The average molecular weight is 376 g/mol. The van der Waals surface area contributed by atoms with Gasteiger partial charge in [0.2, 0.25) is 5.91 Å². The van der Waals surface area contributed by atoms with Crippen LogP contribution in [0.5, 0.6) is 0 Å². The van der Waals surface area contributed by atoms with Crippen molar-refractivity contribution in [2.45, 2.75) is 70.2 Å². The molecule has 0 spiro atoms. The maximum Gasteiger partial charge on any atom is 0.366 e. The highest BCUT2D eigenvalue weighted by atomic mass is 28.3. The summed E-state index contributed by atoms with van der Waals surface area (Å²) >= 11 is 0. The molecule has 146 valence electrons. The summed E-state index contributed by atoms with van der Waals surface area (Å²) in [7, 11) is 1.81. The highest BCUT2D eigenvalue weighted by Gasteiger charge is 2.61. The van der Waals surface area contributed by atoms with E-state index in [-0.39, 0.29) is 23.4 Å². The van der Waals surface area contributed by atoms with E-state index in [0.717, 1.165) is 0 Å². The number of nitrogens with zero attached hydrogens (tertiary/aromatic N) is 1. The van der Waals surface area contributed by atoms with Crippen LogP contribution in [0.2, 0.25) is 18.1 Å². The van der Waals surface area contributed by atoms with Gasteiger partial charge in [-0.15, -0.1) is 0 Å². The van der Waals surface area contributed by atoms with Crippen LogP contribution in [0.3, 0.4) is 0 Å². The number of amides is 1. The molecule has 1 rings (SSSR count). The highest BCUT2D eigenvalue weighted by Crippen LogP contribution is 2.47. The number of hydrogen-bond donors (Lipinski definition) is 1. The minimum atomic E-state index is -2.20. The third-order valence-corrected chi connectivity index (χ3v) is 11.3. The summed E-state index contributed by atoms with van der Waals surface area (Å²) in [5.41, 5.74) is 0. The fourth-order valence-corrected chi connectivity index (χ4v) is 5.80. The van der Waals surface area contributed by atoms with Crippen LogP contribution < -0.4 is 0 Å². The van der Waals surface area contributed by atoms with Crippen molar-refractivity contribution in [2.75, 3.05) is 21.3 Å². The Morgan fingerprint density at radius 3 is 2.04 bits per heavy atom. The number of esters is 1. The van der Waals surface area contributed by atoms with Crippen LogP contribution in [0.4, 0.5) is 0 Å². The number of methoxy groups -OCH3 is 3. The molecule has 0 aromatic heterocycles. The summed E-state index contributed by atoms with van der Waals surface area (Å²) < 4.78 is 17.4. The van der Waals surface area contributed by atoms with E-state index in [0.29, 0.717) is 0 Å². The first kappa shape index (κ1) is 22.1. The molecular formula is C17H33NO6Si. The first-order valence-electron chi connectivity index (χ1n) is 8.50. The maximum atomic E-state index is 12.8. The van der Waals surface area contributed by atoms with Gasteiger partial charge in [0, 0.05) is 26.7 Å². The zero-order valence-electron chi connectivity index (χ0n) is 16.9. The Hall–Kier alpha value is -0.963. The first-order valence-corrected chi connectivity index (χ1v) is 11.5. The van der Waals surface area contributed by atoms with E-state index >= 15 is 0 Å². The standard InChI is InChI=1S/C17H33NO6Si/c1-11(19)13-12(10-17(23-6,24-7)15(21)22-5)18(14(13)20)25(8,9)16(2,3)4/h11-13,19H,10H2,1-9H3. The fourth-order valence-electron chi connectivity index (χ4n) is 3.30. The van der Waals surface area contributed by atoms with Gasteiger partial charge in [0.25, 0.3) is 5.79 Å². The van der Waals surface area contributed by atoms with Crippen molar-refractivity contribution < 1.29 is 28.9 Å². The predicted octanol–water partition coefficient (Wildman–Crippen LogP) is 1.75. The van der Waals surface area contributed by atoms with Gasteiger partial charge in [-0.25, -0.2) is 4.79 Å². The second-order valence-electron chi connectivity index (χ2n) is 8.21. The maximum absolute atomic E-state index is 12.8. The molecule has 1 amide bonds. The minimum Gasteiger partial charge on any atom is -0.465 e. The van der Waals surface area contributed by atoms with Gasteiger partial charge >= 0.3 is 5.97 Å². The van der Waals surface area contributed by atoms with Crippen molar-refractivity contribution in [2.24, 2.45) is 5.92 Å². The Balaban J connectivity index is 3.30. The summed E-state index contributed by atoms with van der Waals surface area (Å²) in [4.78, 5) is 25.1. The van der Waals surface area contributed by atoms with Gasteiger partial charge in [-0.05, 0) is 12.0 Å². The minimum absolute atomic E-state index is 0.0708. The van der Waals surface area contributed by atoms with E-state index in [2.05, 4.69) is 33.9 Å². The molecule has 0 bridgehead atoms. The molecule has 0 radical (unpaired) electrons. The molecule has 0 saturated carbocycles. The summed E-state index contributed by atoms with van der Waals surface area (Å²) in [5.74, 6) is -2.91. The molecule has 8 heteroatoms. The van der Waals surface area contributed by atoms with E-state index in [9.17, 15) is 14.7 Å². The van der Waals surface area contributed by atoms with Crippen molar-refractivity contribution >= 4 is 20.1 Å². The largest absolute Gasteiger partial charge is 0.465 e. The number of β-lactam (4-membered cyclic amide) rings is 1. The molecular weight excluding hydrogens is 342 g/mol. The Labute approximate surface area is 151 Å². The van der Waals surface area contributed by atoms with Gasteiger partial charge in [-0.2, -0.15) is 0 Å². The van der Waals surface area contributed by atoms with Crippen molar-refractivity contribution in [3.05, 3.63) is 0 Å². The average Bonchev–Trinajstić information content (AvgIpc) is 2.48. The lowest BCUT2D eigenvalue weighted by Gasteiger charge is -2.60. The Kier molecular flexibility index (Phi) is 6.48. The summed E-state index contributed by atoms with van der Waals surface area (Å²) in [6, 6.07) is -0.354. The molecule has 0 aromatic rings. The molecule has 3 unspecified atom stereocenters. The summed E-state index contributed by atoms with van der Waals surface area (Å²) in [6.45, 7) is 12.2. The van der Waals surface area contributed by atoms with Crippen LogP contribution in [0, 0.1) is 5.92 Å². The van der Waals surface area contributed by atoms with Gasteiger partial charge in [0.1, 0.15) is 0 Å². The van der Waals surface area contributed by atoms with Crippen LogP contribution in [0.15, 0.2) is 0 Å². The number of ether oxygens (including phenoxy) is 3. The molecule has 1 N–H and O–H groups in total. The number of aliphatic hydroxyl groups excluding tert-OH is 1. The number of carbonyl (C=O) groups is 2. The topological polar surface area (TPSA) is 85.3 Å². The molecule has 3 atom stereocenters. The number of aliphatic hydroxyl groups is 1. The first-order chi connectivity index (χ1) is 11.3. The fraction of sp³-hybridized carbons (Fsp3) is 0.882. The van der Waals surface area contributed by atoms with Gasteiger partial charge < -0.3 is 23.9 Å². The zero-order valence-corrected chi connectivity index (χ0v) is 17.9. The lowest BCUT2D eigenvalue weighted by molar-refractivity contribution is -0.239. The monoisotopic (exact) mass is 375 g/mol. The number of rotatable bonds is 7. The second-order valence-corrected chi connectivity index (χ2v) is 13.3. The molecule has 25 heavy (non-hydrogen) atoms. The van der Waals surface area contributed by atoms with Crippen molar-refractivity contribution in [3.63, 3.8) is 0 Å². The molecule has 1 heterocycles. The Morgan fingerprint density at radius 2 is 1.72 bits per heavy atom. The third kappa shape index (κ3) is 3.62. The number of hydrogen-bond acceptors (Lipinski definition) is 6. The van der Waals surface area contributed by atoms with E-state index in [4.69, 9.17) is 14.2 Å². The third-order valence-electron chi connectivity index (χ3n) is 5.86. The van der Waals surface area contributed by atoms with Crippen molar-refractivity contribution in [1.82, 2.24) is 4.57 Å². The van der Waals surface area contributed by atoms with Gasteiger partial charge in [0.05, 0.1) is 19.1 Å². The SMILES string of the molecule is COC(=O)C(CC1C(C(C)O)C(=O)N1[Si](C)(C)C(C)(C)C)(OC)OC.